The summed E-state index contributed by atoms with van der Waals surface area (Å²) < 4.78 is 13.2. The van der Waals surface area contributed by atoms with Crippen LogP contribution in [-0.4, -0.2) is 63.8 Å². The van der Waals surface area contributed by atoms with Crippen LogP contribution in [0.5, 0.6) is 5.75 Å². The lowest BCUT2D eigenvalue weighted by Gasteiger charge is -2.26. The number of benzene rings is 2. The number of aromatic nitrogens is 3. The fourth-order valence-electron chi connectivity index (χ4n) is 4.02. The molecule has 0 unspecified atom stereocenters. The number of hydrogen-bond donors (Lipinski definition) is 1. The summed E-state index contributed by atoms with van der Waals surface area (Å²) in [7, 11) is 1.98. The largest absolute Gasteiger partial charge is 0.485 e. The zero-order chi connectivity index (χ0) is 22.8. The number of rotatable bonds is 7. The average molecular weight is 448 g/mol. The molecule has 0 saturated carbocycles. The minimum atomic E-state index is -0.434. The number of ether oxygens (including phenoxy) is 2. The van der Waals surface area contributed by atoms with Gasteiger partial charge in [0.1, 0.15) is 18.8 Å². The van der Waals surface area contributed by atoms with Gasteiger partial charge in [0.2, 0.25) is 0 Å². The minimum absolute atomic E-state index is 0.111. The van der Waals surface area contributed by atoms with E-state index < -0.39 is 4.92 Å². The predicted molar refractivity (Wildman–Crippen MR) is 125 cm³/mol. The third-order valence-corrected chi connectivity index (χ3v) is 5.83. The van der Waals surface area contributed by atoms with Crippen LogP contribution < -0.4 is 10.1 Å². The van der Waals surface area contributed by atoms with E-state index in [0.29, 0.717) is 43.1 Å². The molecule has 4 aromatic rings. The Kier molecular flexibility index (Phi) is 5.76. The predicted octanol–water partition coefficient (Wildman–Crippen LogP) is 3.48. The van der Waals surface area contributed by atoms with E-state index in [1.807, 2.05) is 42.1 Å². The van der Waals surface area contributed by atoms with Crippen molar-refractivity contribution in [1.29, 1.82) is 0 Å². The van der Waals surface area contributed by atoms with Gasteiger partial charge in [0.25, 0.3) is 0 Å². The zero-order valence-electron chi connectivity index (χ0n) is 18.2. The van der Waals surface area contributed by atoms with Crippen molar-refractivity contribution < 1.29 is 14.4 Å². The molecule has 10 heteroatoms. The lowest BCUT2D eigenvalue weighted by molar-refractivity contribution is -0.385. The molecule has 0 atom stereocenters. The van der Waals surface area contributed by atoms with Crippen LogP contribution in [0.25, 0.3) is 21.8 Å². The van der Waals surface area contributed by atoms with E-state index in [9.17, 15) is 10.1 Å². The van der Waals surface area contributed by atoms with Crippen LogP contribution in [0.4, 0.5) is 17.2 Å². The van der Waals surface area contributed by atoms with Crippen molar-refractivity contribution in [2.24, 2.45) is 7.05 Å². The highest BCUT2D eigenvalue weighted by Crippen LogP contribution is 2.35. The van der Waals surface area contributed by atoms with Crippen molar-refractivity contribution in [3.63, 3.8) is 0 Å². The first-order valence-electron chi connectivity index (χ1n) is 10.8. The molecule has 1 saturated heterocycles. The topological polar surface area (TPSA) is 108 Å². The highest BCUT2D eigenvalue weighted by molar-refractivity contribution is 5.94. The molecule has 1 fully saturated rings. The van der Waals surface area contributed by atoms with Crippen LogP contribution >= 0.6 is 0 Å². The molecule has 0 aliphatic carbocycles. The standard InChI is InChI=1S/C23H24N6O4/c1-27-5-4-16-2-3-17(12-20(16)27)26-23-18-13-21(29(30)31)22(14-19(18)24-15-25-23)33-11-8-28-6-9-32-10-7-28/h2-5,12-15H,6-11H2,1H3,(H,24,25,26). The van der Waals surface area contributed by atoms with Gasteiger partial charge < -0.3 is 19.4 Å². The summed E-state index contributed by atoms with van der Waals surface area (Å²) in [4.78, 5) is 22.2. The number of nitrogens with one attached hydrogen (secondary N) is 1. The second kappa shape index (κ2) is 9.00. The van der Waals surface area contributed by atoms with E-state index >= 15 is 0 Å². The molecule has 3 heterocycles. The van der Waals surface area contributed by atoms with Gasteiger partial charge in [-0.3, -0.25) is 15.0 Å². The molecule has 2 aromatic heterocycles. The van der Waals surface area contributed by atoms with Crippen LogP contribution in [0.15, 0.2) is 48.9 Å². The number of anilines is 2. The molecule has 170 valence electrons. The summed E-state index contributed by atoms with van der Waals surface area (Å²) in [6.45, 7) is 4.08. The van der Waals surface area contributed by atoms with Crippen molar-refractivity contribution in [3.05, 3.63) is 59.0 Å². The molecule has 0 bridgehead atoms. The monoisotopic (exact) mass is 448 g/mol. The van der Waals surface area contributed by atoms with Crippen LogP contribution in [0.1, 0.15) is 0 Å². The normalized spacial score (nSPS) is 14.6. The summed E-state index contributed by atoms with van der Waals surface area (Å²) in [5.74, 6) is 0.701. The third-order valence-electron chi connectivity index (χ3n) is 5.83. The molecule has 10 nitrogen and oxygen atoms in total. The Morgan fingerprint density at radius 3 is 2.85 bits per heavy atom. The summed E-state index contributed by atoms with van der Waals surface area (Å²) in [6, 6.07) is 11.1. The van der Waals surface area contributed by atoms with Crippen LogP contribution in [-0.2, 0) is 11.8 Å². The first-order valence-corrected chi connectivity index (χ1v) is 10.8. The SMILES string of the molecule is Cn1ccc2ccc(Nc3ncnc4cc(OCCN5CCOCC5)c([N+](=O)[O-])cc34)cc21. The molecule has 0 spiro atoms. The van der Waals surface area contributed by atoms with Gasteiger partial charge in [0, 0.05) is 56.2 Å². The van der Waals surface area contributed by atoms with Crippen LogP contribution in [0.3, 0.4) is 0 Å². The lowest BCUT2D eigenvalue weighted by Crippen LogP contribution is -2.38. The maximum atomic E-state index is 11.8. The number of nitrogens with zero attached hydrogens (tertiary/aromatic N) is 5. The van der Waals surface area contributed by atoms with Gasteiger partial charge in [0.05, 0.1) is 29.0 Å². The fourth-order valence-corrected chi connectivity index (χ4v) is 4.02. The van der Waals surface area contributed by atoms with Crippen molar-refractivity contribution in [3.8, 4) is 5.75 Å². The Morgan fingerprint density at radius 2 is 2.03 bits per heavy atom. The Balaban J connectivity index is 1.42. The van der Waals surface area contributed by atoms with Crippen molar-refractivity contribution in [2.45, 2.75) is 0 Å². The molecule has 1 N–H and O–H groups in total. The maximum Gasteiger partial charge on any atom is 0.311 e. The van der Waals surface area contributed by atoms with Crippen LogP contribution in [0.2, 0.25) is 0 Å². The fraction of sp³-hybridized carbons (Fsp3) is 0.304. The second-order valence-electron chi connectivity index (χ2n) is 7.94. The van der Waals surface area contributed by atoms with Crippen molar-refractivity contribution in [2.75, 3.05) is 44.8 Å². The molecular formula is C23H24N6O4. The molecule has 5 rings (SSSR count). The van der Waals surface area contributed by atoms with E-state index in [-0.39, 0.29) is 11.4 Å². The number of morpholine rings is 1. The third kappa shape index (κ3) is 4.43. The highest BCUT2D eigenvalue weighted by Gasteiger charge is 2.20. The van der Waals surface area contributed by atoms with Gasteiger partial charge in [-0.15, -0.1) is 0 Å². The van der Waals surface area contributed by atoms with Gasteiger partial charge in [-0.2, -0.15) is 0 Å². The van der Waals surface area contributed by atoms with Crippen molar-refractivity contribution in [1.82, 2.24) is 19.4 Å². The van der Waals surface area contributed by atoms with E-state index in [1.165, 1.54) is 12.4 Å². The van der Waals surface area contributed by atoms with Gasteiger partial charge in [-0.25, -0.2) is 9.97 Å². The van der Waals surface area contributed by atoms with Gasteiger partial charge in [0.15, 0.2) is 5.75 Å². The van der Waals surface area contributed by atoms with Gasteiger partial charge in [-0.05, 0) is 23.6 Å². The number of nitro groups is 1. The van der Waals surface area contributed by atoms with Crippen LogP contribution in [0, 0.1) is 10.1 Å². The Hall–Kier alpha value is -3.76. The molecule has 1 aliphatic heterocycles. The smallest absolute Gasteiger partial charge is 0.311 e. The van der Waals surface area contributed by atoms with Crippen molar-refractivity contribution >= 4 is 39.0 Å². The molecule has 33 heavy (non-hydrogen) atoms. The highest BCUT2D eigenvalue weighted by atomic mass is 16.6. The Morgan fingerprint density at radius 1 is 1.18 bits per heavy atom. The zero-order valence-corrected chi connectivity index (χ0v) is 18.2. The number of fused-ring (bicyclic) bond motifs is 2. The first kappa shape index (κ1) is 21.1. The summed E-state index contributed by atoms with van der Waals surface area (Å²) in [6.07, 6.45) is 3.44. The van der Waals surface area contributed by atoms with E-state index in [4.69, 9.17) is 9.47 Å². The maximum absolute atomic E-state index is 11.8. The Labute approximate surface area is 189 Å². The van der Waals surface area contributed by atoms with Gasteiger partial charge in [-0.1, -0.05) is 6.07 Å². The number of aryl methyl sites for hydroxylation is 1. The van der Waals surface area contributed by atoms with E-state index in [0.717, 1.165) is 29.7 Å². The molecular weight excluding hydrogens is 424 g/mol. The summed E-state index contributed by atoms with van der Waals surface area (Å²) in [5.41, 5.74) is 2.36. The quantitative estimate of drug-likeness (QED) is 0.338. The first-order chi connectivity index (χ1) is 16.1. The summed E-state index contributed by atoms with van der Waals surface area (Å²) >= 11 is 0. The second-order valence-corrected chi connectivity index (χ2v) is 7.94. The molecule has 1 aliphatic rings. The number of nitro benzene ring substituents is 1. The van der Waals surface area contributed by atoms with E-state index in [2.05, 4.69) is 20.2 Å². The number of hydrogen-bond acceptors (Lipinski definition) is 8. The van der Waals surface area contributed by atoms with E-state index in [1.54, 1.807) is 6.07 Å². The molecule has 0 radical (unpaired) electrons. The van der Waals surface area contributed by atoms with Gasteiger partial charge >= 0.3 is 5.69 Å². The Bertz CT molecular complexity index is 1320. The summed E-state index contributed by atoms with van der Waals surface area (Å²) in [5, 5.41) is 16.8. The lowest BCUT2D eigenvalue weighted by atomic mass is 10.2. The minimum Gasteiger partial charge on any atom is -0.485 e. The molecule has 0 amide bonds. The average Bonchev–Trinajstić information content (AvgIpc) is 3.19. The molecule has 2 aromatic carbocycles.